The van der Waals surface area contributed by atoms with Gasteiger partial charge in [-0.25, -0.2) is 4.79 Å². The molecule has 2 bridgehead atoms. The molecule has 12 heteroatoms. The molecule has 0 unspecified atom stereocenters. The second-order valence-electron chi connectivity index (χ2n) is 11.7. The molecule has 1 aromatic carbocycles. The Labute approximate surface area is 267 Å². The highest BCUT2D eigenvalue weighted by molar-refractivity contribution is 9.10. The van der Waals surface area contributed by atoms with Gasteiger partial charge in [-0.1, -0.05) is 15.9 Å². The summed E-state index contributed by atoms with van der Waals surface area (Å²) in [4.78, 5) is 72.1. The van der Waals surface area contributed by atoms with Gasteiger partial charge in [-0.05, 0) is 58.0 Å². The molecule has 3 aliphatic heterocycles. The van der Waals surface area contributed by atoms with Crippen LogP contribution in [0.15, 0.2) is 73.7 Å². The average Bonchev–Trinajstić information content (AvgIpc) is 3.02. The molecule has 232 valence electrons. The predicted octanol–water partition coefficient (Wildman–Crippen LogP) is 2.76. The number of hydrogen-bond donors (Lipinski definition) is 0. The lowest BCUT2D eigenvalue weighted by atomic mass is 9.67. The van der Waals surface area contributed by atoms with Crippen molar-refractivity contribution in [1.82, 2.24) is 9.80 Å². The number of esters is 1. The van der Waals surface area contributed by atoms with Gasteiger partial charge >= 0.3 is 5.97 Å². The molecule has 5 aliphatic rings. The van der Waals surface area contributed by atoms with Crippen molar-refractivity contribution in [3.63, 3.8) is 0 Å². The Bertz CT molecular complexity index is 1760. The lowest BCUT2D eigenvalue weighted by Gasteiger charge is -2.60. The third kappa shape index (κ3) is 4.47. The van der Waals surface area contributed by atoms with Gasteiger partial charge in [0, 0.05) is 50.0 Å². The molecule has 0 saturated carbocycles. The molecule has 1 saturated heterocycles. The van der Waals surface area contributed by atoms with E-state index in [-0.39, 0.29) is 70.2 Å². The normalized spacial score (nSPS) is 28.5. The fourth-order valence-corrected chi connectivity index (χ4v) is 7.86. The summed E-state index contributed by atoms with van der Waals surface area (Å²) in [6, 6.07) is 5.11. The molecule has 3 heterocycles. The second-order valence-corrected chi connectivity index (χ2v) is 12.6. The minimum atomic E-state index is -1.01. The Morgan fingerprint density at radius 2 is 1.42 bits per heavy atom. The number of rotatable bonds is 5. The lowest BCUT2D eigenvalue weighted by molar-refractivity contribution is -0.126. The van der Waals surface area contributed by atoms with Crippen molar-refractivity contribution in [3.05, 3.63) is 79.3 Å². The Morgan fingerprint density at radius 1 is 0.889 bits per heavy atom. The number of likely N-dealkylation sites (N-methyl/N-ethyl adjacent to an activating group) is 1. The fourth-order valence-electron chi connectivity index (χ4n) is 7.60. The van der Waals surface area contributed by atoms with Crippen LogP contribution in [0.4, 0.5) is 0 Å². The molecule has 11 nitrogen and oxygen atoms in total. The van der Waals surface area contributed by atoms with E-state index in [1.165, 1.54) is 21.1 Å². The molecule has 6 rings (SSSR count). The van der Waals surface area contributed by atoms with Crippen LogP contribution in [0.5, 0.6) is 0 Å². The van der Waals surface area contributed by atoms with E-state index in [1.54, 1.807) is 43.1 Å². The van der Waals surface area contributed by atoms with Gasteiger partial charge in [0.1, 0.15) is 12.6 Å². The minimum absolute atomic E-state index is 0.0224. The Balaban J connectivity index is 1.50. The Morgan fingerprint density at radius 3 is 1.98 bits per heavy atom. The number of methoxy groups -OCH3 is 2. The zero-order valence-electron chi connectivity index (χ0n) is 25.3. The van der Waals surface area contributed by atoms with Crippen LogP contribution in [0.25, 0.3) is 0 Å². The maximum absolute atomic E-state index is 13.9. The van der Waals surface area contributed by atoms with E-state index in [9.17, 15) is 29.2 Å². The van der Waals surface area contributed by atoms with E-state index in [2.05, 4.69) is 22.0 Å². The number of nitrogens with zero attached hydrogens (tertiary/aromatic N) is 3. The molecule has 5 atom stereocenters. The molecular weight excluding hydrogens is 646 g/mol. The van der Waals surface area contributed by atoms with Crippen LogP contribution in [0.1, 0.15) is 37.0 Å². The number of Topliss-reactive ketones (excluding diaryl/α,β-unsaturated/α-hetero) is 4. The van der Waals surface area contributed by atoms with Gasteiger partial charge in [-0.15, -0.1) is 0 Å². The number of fused-ring (bicyclic) bond motifs is 5. The largest absolute Gasteiger partial charge is 0.492 e. The number of nitriles is 1. The zero-order chi connectivity index (χ0) is 32.5. The highest BCUT2D eigenvalue weighted by Crippen LogP contribution is 2.49. The first-order valence-corrected chi connectivity index (χ1v) is 15.2. The summed E-state index contributed by atoms with van der Waals surface area (Å²) in [5, 5.41) is 10.6. The van der Waals surface area contributed by atoms with Crippen molar-refractivity contribution in [2.75, 3.05) is 27.9 Å². The molecule has 0 amide bonds. The second kappa shape index (κ2) is 11.3. The summed E-state index contributed by atoms with van der Waals surface area (Å²) in [6.45, 7) is 2.72. The van der Waals surface area contributed by atoms with Crippen molar-refractivity contribution in [2.24, 2.45) is 0 Å². The van der Waals surface area contributed by atoms with Crippen LogP contribution in [0.2, 0.25) is 0 Å². The predicted molar refractivity (Wildman–Crippen MR) is 161 cm³/mol. The lowest BCUT2D eigenvalue weighted by Crippen LogP contribution is -2.74. The van der Waals surface area contributed by atoms with Crippen LogP contribution in [-0.2, 0) is 33.4 Å². The van der Waals surface area contributed by atoms with E-state index >= 15 is 0 Å². The summed E-state index contributed by atoms with van der Waals surface area (Å²) in [5.74, 6) is -2.43. The van der Waals surface area contributed by atoms with Crippen LogP contribution < -0.4 is 0 Å². The van der Waals surface area contributed by atoms with Crippen LogP contribution in [-0.4, -0.2) is 97.0 Å². The van der Waals surface area contributed by atoms with Crippen molar-refractivity contribution >= 4 is 45.0 Å². The van der Waals surface area contributed by atoms with Crippen molar-refractivity contribution in [3.8, 4) is 6.07 Å². The quantitative estimate of drug-likeness (QED) is 0.336. The molecule has 1 fully saturated rings. The summed E-state index contributed by atoms with van der Waals surface area (Å²) in [6.07, 6.45) is 0.143. The van der Waals surface area contributed by atoms with Crippen molar-refractivity contribution in [1.29, 1.82) is 5.26 Å². The molecule has 0 radical (unpaired) electrons. The number of benzene rings is 1. The molecule has 0 N–H and O–H groups in total. The van der Waals surface area contributed by atoms with Gasteiger partial charge in [-0.3, -0.25) is 29.0 Å². The van der Waals surface area contributed by atoms with Crippen molar-refractivity contribution < 1.29 is 38.2 Å². The standard InChI is InChI=1S/C33H30BrN3O8/c1-14-27(38)18-11-21-26-25-19(28(39)15(2)32(44-5)30(25)41)10-20(36(26)3)22(12-35)37(21)23(24(18)29(40)31(14)43-4)13-45-33(42)16-6-8-17(34)9-7-16/h6-9,20-23,26H,10-11,13H2,1-5H3/t20-,21-,22-,23-,26-/m0/s1. The van der Waals surface area contributed by atoms with Crippen molar-refractivity contribution in [2.45, 2.75) is 56.9 Å². The topological polar surface area (TPSA) is 143 Å². The van der Waals surface area contributed by atoms with Gasteiger partial charge in [0.25, 0.3) is 0 Å². The van der Waals surface area contributed by atoms with E-state index in [4.69, 9.17) is 14.2 Å². The Hall–Kier alpha value is -4.18. The first-order valence-electron chi connectivity index (χ1n) is 14.4. The number of piperazine rings is 1. The third-order valence-corrected chi connectivity index (χ3v) is 10.2. The van der Waals surface area contributed by atoms with Gasteiger partial charge in [0.2, 0.25) is 11.6 Å². The number of carbonyl (C=O) groups excluding carboxylic acids is 5. The maximum Gasteiger partial charge on any atom is 0.338 e. The summed E-state index contributed by atoms with van der Waals surface area (Å²) < 4.78 is 17.3. The SMILES string of the molecule is COC1=C(C)C(=O)C2=C(C1=O)[C@@H]1[C@@H]3CC4=C(C(=O)C(OC)=C(C)C4=O)[C@H](COC(=O)c4ccc(Br)cc4)N3[C@@H](C#N)[C@H](C2)N1C. The highest BCUT2D eigenvalue weighted by Gasteiger charge is 2.60. The van der Waals surface area contributed by atoms with Gasteiger partial charge < -0.3 is 14.2 Å². The Kier molecular flexibility index (Phi) is 7.75. The van der Waals surface area contributed by atoms with E-state index in [1.807, 2.05) is 4.90 Å². The number of halogens is 1. The van der Waals surface area contributed by atoms with Gasteiger partial charge in [0.15, 0.2) is 23.1 Å². The first kappa shape index (κ1) is 30.8. The van der Waals surface area contributed by atoms with E-state index in [0.29, 0.717) is 5.57 Å². The number of carbonyl (C=O) groups is 5. The van der Waals surface area contributed by atoms with E-state index < -0.39 is 53.5 Å². The number of ketones is 4. The zero-order valence-corrected chi connectivity index (χ0v) is 26.9. The number of allylic oxidation sites excluding steroid dienone is 4. The molecule has 0 aromatic heterocycles. The number of hydrogen-bond acceptors (Lipinski definition) is 11. The monoisotopic (exact) mass is 675 g/mol. The van der Waals surface area contributed by atoms with Crippen LogP contribution >= 0.6 is 15.9 Å². The van der Waals surface area contributed by atoms with Gasteiger partial charge in [-0.2, -0.15) is 5.26 Å². The van der Waals surface area contributed by atoms with Crippen LogP contribution in [0, 0.1) is 11.3 Å². The molecule has 0 spiro atoms. The highest BCUT2D eigenvalue weighted by atomic mass is 79.9. The summed E-state index contributed by atoms with van der Waals surface area (Å²) >= 11 is 3.34. The maximum atomic E-state index is 13.9. The molecule has 45 heavy (non-hydrogen) atoms. The summed E-state index contributed by atoms with van der Waals surface area (Å²) in [7, 11) is 4.45. The van der Waals surface area contributed by atoms with Gasteiger partial charge in [0.05, 0.1) is 37.9 Å². The molecule has 2 aliphatic carbocycles. The molecule has 1 aromatic rings. The van der Waals surface area contributed by atoms with Crippen LogP contribution in [0.3, 0.4) is 0 Å². The fraction of sp³-hybridized carbons (Fsp3) is 0.394. The summed E-state index contributed by atoms with van der Waals surface area (Å²) in [5.41, 5.74) is 1.57. The van der Waals surface area contributed by atoms with E-state index in [0.717, 1.165) is 4.47 Å². The average molecular weight is 677 g/mol. The number of ether oxygens (including phenoxy) is 3. The smallest absolute Gasteiger partial charge is 0.338 e. The molecular formula is C33H30BrN3O8. The minimum Gasteiger partial charge on any atom is -0.492 e. The third-order valence-electron chi connectivity index (χ3n) is 9.67. The first-order chi connectivity index (χ1) is 21.5.